The van der Waals surface area contributed by atoms with E-state index in [1.807, 2.05) is 13.8 Å². The molecule has 0 spiro atoms. The van der Waals surface area contributed by atoms with Crippen molar-refractivity contribution >= 4 is 23.5 Å². The van der Waals surface area contributed by atoms with Crippen molar-refractivity contribution in [3.8, 4) is 0 Å². The van der Waals surface area contributed by atoms with E-state index in [9.17, 15) is 14.4 Å². The van der Waals surface area contributed by atoms with E-state index in [2.05, 4.69) is 5.32 Å². The molecule has 2 N–H and O–H groups in total. The third kappa shape index (κ3) is 4.90. The highest BCUT2D eigenvalue weighted by atomic mass is 16.5. The molecule has 0 aromatic heterocycles. The van der Waals surface area contributed by atoms with E-state index >= 15 is 0 Å². The molecule has 2 amide bonds. The van der Waals surface area contributed by atoms with Crippen LogP contribution in [0.25, 0.3) is 0 Å². The quantitative estimate of drug-likeness (QED) is 0.827. The highest BCUT2D eigenvalue weighted by molar-refractivity contribution is 5.96. The Bertz CT molecular complexity index is 715. The summed E-state index contributed by atoms with van der Waals surface area (Å²) < 4.78 is 5.67. The fraction of sp³-hybridized carbons (Fsp3) is 0.571. The number of carbonyl (C=O) groups excluding carboxylic acids is 2. The smallest absolute Gasteiger partial charge is 0.306 e. The van der Waals surface area contributed by atoms with Gasteiger partial charge in [0.25, 0.3) is 5.91 Å². The van der Waals surface area contributed by atoms with Gasteiger partial charge in [-0.3, -0.25) is 14.4 Å². The van der Waals surface area contributed by atoms with Gasteiger partial charge in [0.2, 0.25) is 5.91 Å². The second kappa shape index (κ2) is 8.73. The van der Waals surface area contributed by atoms with Crippen LogP contribution in [0, 0.1) is 11.8 Å². The topological polar surface area (TPSA) is 95.9 Å². The molecule has 1 aromatic rings. The molecule has 3 rings (SSSR count). The molecule has 2 aliphatic rings. The van der Waals surface area contributed by atoms with E-state index in [1.165, 1.54) is 0 Å². The van der Waals surface area contributed by atoms with Gasteiger partial charge in [-0.15, -0.1) is 0 Å². The SMILES string of the molecule is CC1CN(C(=O)c2ccc(NC(=O)C3CCC(C(=O)O)CC3)cc2)CC(C)O1. The Kier molecular flexibility index (Phi) is 6.34. The number of amides is 2. The van der Waals surface area contributed by atoms with Gasteiger partial charge in [-0.2, -0.15) is 0 Å². The van der Waals surface area contributed by atoms with Crippen molar-refractivity contribution in [3.63, 3.8) is 0 Å². The van der Waals surface area contributed by atoms with Gasteiger partial charge in [-0.05, 0) is 63.8 Å². The lowest BCUT2D eigenvalue weighted by Gasteiger charge is -2.35. The molecule has 1 aromatic carbocycles. The van der Waals surface area contributed by atoms with Crippen molar-refractivity contribution in [2.24, 2.45) is 11.8 Å². The van der Waals surface area contributed by atoms with Crippen LogP contribution >= 0.6 is 0 Å². The Labute approximate surface area is 165 Å². The molecule has 2 fully saturated rings. The Morgan fingerprint density at radius 2 is 1.50 bits per heavy atom. The highest BCUT2D eigenvalue weighted by Gasteiger charge is 2.30. The number of nitrogens with one attached hydrogen (secondary N) is 1. The van der Waals surface area contributed by atoms with E-state index < -0.39 is 5.97 Å². The third-order valence-electron chi connectivity index (χ3n) is 5.55. The fourth-order valence-corrected chi connectivity index (χ4v) is 4.07. The zero-order chi connectivity index (χ0) is 20.3. The predicted molar refractivity (Wildman–Crippen MR) is 104 cm³/mol. The van der Waals surface area contributed by atoms with Crippen molar-refractivity contribution in [1.82, 2.24) is 4.90 Å². The first-order valence-electron chi connectivity index (χ1n) is 9.92. The van der Waals surface area contributed by atoms with Gasteiger partial charge < -0.3 is 20.1 Å². The number of carboxylic acids is 1. The van der Waals surface area contributed by atoms with Gasteiger partial charge in [0, 0.05) is 30.3 Å². The maximum absolute atomic E-state index is 12.7. The minimum absolute atomic E-state index is 0.0162. The molecular formula is C21H28N2O5. The fourth-order valence-electron chi connectivity index (χ4n) is 4.07. The number of anilines is 1. The van der Waals surface area contributed by atoms with Gasteiger partial charge in [-0.1, -0.05) is 0 Å². The summed E-state index contributed by atoms with van der Waals surface area (Å²) in [4.78, 5) is 37.9. The van der Waals surface area contributed by atoms with Crippen LogP contribution in [0.2, 0.25) is 0 Å². The van der Waals surface area contributed by atoms with Gasteiger partial charge >= 0.3 is 5.97 Å². The molecule has 1 heterocycles. The van der Waals surface area contributed by atoms with Crippen molar-refractivity contribution in [3.05, 3.63) is 29.8 Å². The minimum Gasteiger partial charge on any atom is -0.481 e. The average molecular weight is 388 g/mol. The van der Waals surface area contributed by atoms with E-state index in [-0.39, 0.29) is 35.9 Å². The predicted octanol–water partition coefficient (Wildman–Crippen LogP) is 2.77. The zero-order valence-electron chi connectivity index (χ0n) is 16.4. The zero-order valence-corrected chi connectivity index (χ0v) is 16.4. The summed E-state index contributed by atoms with van der Waals surface area (Å²) >= 11 is 0. The Morgan fingerprint density at radius 1 is 0.964 bits per heavy atom. The first kappa shape index (κ1) is 20.3. The van der Waals surface area contributed by atoms with Crippen LogP contribution in [0.4, 0.5) is 5.69 Å². The van der Waals surface area contributed by atoms with E-state index in [0.717, 1.165) is 0 Å². The third-order valence-corrected chi connectivity index (χ3v) is 5.55. The maximum atomic E-state index is 12.7. The largest absolute Gasteiger partial charge is 0.481 e. The monoisotopic (exact) mass is 388 g/mol. The first-order valence-corrected chi connectivity index (χ1v) is 9.92. The number of rotatable bonds is 4. The number of carboxylic acid groups (broad SMARTS) is 1. The molecule has 7 heteroatoms. The van der Waals surface area contributed by atoms with Crippen LogP contribution in [0.5, 0.6) is 0 Å². The molecule has 0 bridgehead atoms. The molecule has 1 saturated heterocycles. The number of morpholine rings is 1. The highest BCUT2D eigenvalue weighted by Crippen LogP contribution is 2.30. The number of aliphatic carboxylic acids is 1. The second-order valence-electron chi connectivity index (χ2n) is 7.92. The van der Waals surface area contributed by atoms with Gasteiger partial charge in [0.15, 0.2) is 0 Å². The summed E-state index contributed by atoms with van der Waals surface area (Å²) in [5, 5.41) is 11.9. The minimum atomic E-state index is -0.775. The molecular weight excluding hydrogens is 360 g/mol. The Balaban J connectivity index is 1.55. The van der Waals surface area contributed by atoms with Crippen molar-refractivity contribution in [2.45, 2.75) is 51.7 Å². The van der Waals surface area contributed by atoms with E-state index in [4.69, 9.17) is 9.84 Å². The summed E-state index contributed by atoms with van der Waals surface area (Å²) in [5.41, 5.74) is 1.23. The van der Waals surface area contributed by atoms with Crippen molar-refractivity contribution < 1.29 is 24.2 Å². The summed E-state index contributed by atoms with van der Waals surface area (Å²) in [6, 6.07) is 6.93. The Morgan fingerprint density at radius 3 is 2.04 bits per heavy atom. The van der Waals surface area contributed by atoms with Crippen LogP contribution in [0.15, 0.2) is 24.3 Å². The Hall–Kier alpha value is -2.41. The number of ether oxygens (including phenoxy) is 1. The molecule has 28 heavy (non-hydrogen) atoms. The summed E-state index contributed by atoms with van der Waals surface area (Å²) in [5.74, 6) is -1.39. The van der Waals surface area contributed by atoms with E-state index in [1.54, 1.807) is 29.2 Å². The van der Waals surface area contributed by atoms with Crippen LogP contribution in [-0.4, -0.2) is 53.1 Å². The van der Waals surface area contributed by atoms with Gasteiger partial charge in [-0.25, -0.2) is 0 Å². The summed E-state index contributed by atoms with van der Waals surface area (Å²) in [7, 11) is 0. The van der Waals surface area contributed by atoms with Crippen LogP contribution in [0.3, 0.4) is 0 Å². The first-order chi connectivity index (χ1) is 13.3. The van der Waals surface area contributed by atoms with Crippen LogP contribution in [-0.2, 0) is 14.3 Å². The molecule has 7 nitrogen and oxygen atoms in total. The van der Waals surface area contributed by atoms with Gasteiger partial charge in [0.05, 0.1) is 18.1 Å². The van der Waals surface area contributed by atoms with Gasteiger partial charge in [0.1, 0.15) is 0 Å². The lowest BCUT2D eigenvalue weighted by molar-refractivity contribution is -0.143. The van der Waals surface area contributed by atoms with E-state index in [0.29, 0.717) is 50.0 Å². The average Bonchev–Trinajstić information content (AvgIpc) is 2.67. The molecule has 1 aliphatic heterocycles. The second-order valence-corrected chi connectivity index (χ2v) is 7.92. The molecule has 0 radical (unpaired) electrons. The van der Waals surface area contributed by atoms with Crippen LogP contribution in [0.1, 0.15) is 49.9 Å². The van der Waals surface area contributed by atoms with Crippen LogP contribution < -0.4 is 5.32 Å². The molecule has 1 saturated carbocycles. The van der Waals surface area contributed by atoms with Crippen molar-refractivity contribution in [2.75, 3.05) is 18.4 Å². The summed E-state index contributed by atoms with van der Waals surface area (Å²) in [6.07, 6.45) is 2.29. The molecule has 1 aliphatic carbocycles. The molecule has 152 valence electrons. The maximum Gasteiger partial charge on any atom is 0.306 e. The molecule has 2 atom stereocenters. The number of hydrogen-bond donors (Lipinski definition) is 2. The number of nitrogens with zero attached hydrogens (tertiary/aromatic N) is 1. The normalized spacial score (nSPS) is 27.9. The lowest BCUT2D eigenvalue weighted by atomic mass is 9.81. The number of benzene rings is 1. The summed E-state index contributed by atoms with van der Waals surface area (Å²) in [6.45, 7) is 5.05. The number of carbonyl (C=O) groups is 3. The molecule has 2 unspecified atom stereocenters. The van der Waals surface area contributed by atoms with Crippen molar-refractivity contribution in [1.29, 1.82) is 0 Å². The standard InChI is InChI=1S/C21H28N2O5/c1-13-11-23(12-14(2)28-13)20(25)16-7-9-18(10-8-16)22-19(24)15-3-5-17(6-4-15)21(26)27/h7-10,13-15,17H,3-6,11-12H2,1-2H3,(H,22,24)(H,26,27). The number of hydrogen-bond acceptors (Lipinski definition) is 4. The lowest BCUT2D eigenvalue weighted by Crippen LogP contribution is -2.48.